The highest BCUT2D eigenvalue weighted by atomic mass is 32.1. The van der Waals surface area contributed by atoms with Crippen LogP contribution < -0.4 is 9.64 Å². The second kappa shape index (κ2) is 9.83. The van der Waals surface area contributed by atoms with E-state index in [2.05, 4.69) is 6.92 Å². The van der Waals surface area contributed by atoms with Gasteiger partial charge in [-0.1, -0.05) is 37.3 Å². The zero-order chi connectivity index (χ0) is 21.8. The summed E-state index contributed by atoms with van der Waals surface area (Å²) in [6.07, 6.45) is 3.97. The maximum atomic E-state index is 13.8. The smallest absolute Gasteiger partial charge is 0.449 e. The third kappa shape index (κ3) is 5.10. The van der Waals surface area contributed by atoms with E-state index in [0.717, 1.165) is 49.0 Å². The number of ether oxygens (including phenoxy) is 2. The van der Waals surface area contributed by atoms with Gasteiger partial charge in [-0.25, -0.2) is 4.79 Å². The molecule has 1 N–H and O–H groups in total. The number of rotatable bonds is 5. The zero-order valence-electron chi connectivity index (χ0n) is 17.8. The number of carbonyl (C=O) groups is 2. The molecular weight excluding hydrogens is 414 g/mol. The van der Waals surface area contributed by atoms with Crippen molar-refractivity contribution in [1.82, 2.24) is 0 Å². The minimum absolute atomic E-state index is 0.0148. The van der Waals surface area contributed by atoms with Gasteiger partial charge in [0.1, 0.15) is 5.00 Å². The standard InChI is InChI=1S/C24H29NO5S/c1-16-7-9-18(10-8-16)22(26)25(19-11-13-29-14-12-19)23-20(30-24(27)28)15-21(31-23)17-5-3-2-4-6-17/h2-6,15-16,18-19H,7-14H2,1H3,(H,27,28)/t16-,18-. The van der Waals surface area contributed by atoms with Gasteiger partial charge >= 0.3 is 6.16 Å². The Kier molecular flexibility index (Phi) is 6.92. The molecule has 1 saturated carbocycles. The summed E-state index contributed by atoms with van der Waals surface area (Å²) >= 11 is 1.43. The summed E-state index contributed by atoms with van der Waals surface area (Å²) in [6.45, 7) is 3.44. The molecule has 1 amide bonds. The molecule has 0 atom stereocenters. The fourth-order valence-electron chi connectivity index (χ4n) is 4.54. The number of hydrogen-bond donors (Lipinski definition) is 1. The van der Waals surface area contributed by atoms with E-state index in [1.807, 2.05) is 35.2 Å². The minimum Gasteiger partial charge on any atom is -0.449 e. The van der Waals surface area contributed by atoms with Gasteiger partial charge in [0.2, 0.25) is 5.91 Å². The molecule has 0 radical (unpaired) electrons. The van der Waals surface area contributed by atoms with Crippen molar-refractivity contribution in [2.45, 2.75) is 51.5 Å². The molecule has 2 aromatic rings. The number of benzene rings is 1. The van der Waals surface area contributed by atoms with Gasteiger partial charge in [0.25, 0.3) is 0 Å². The lowest BCUT2D eigenvalue weighted by molar-refractivity contribution is -0.124. The summed E-state index contributed by atoms with van der Waals surface area (Å²) < 4.78 is 10.7. The van der Waals surface area contributed by atoms with Crippen LogP contribution in [0, 0.1) is 11.8 Å². The molecule has 2 fully saturated rings. The molecule has 31 heavy (non-hydrogen) atoms. The van der Waals surface area contributed by atoms with Gasteiger partial charge in [0.05, 0.1) is 0 Å². The van der Waals surface area contributed by atoms with E-state index in [-0.39, 0.29) is 23.6 Å². The predicted octanol–water partition coefficient (Wildman–Crippen LogP) is 5.81. The Hall–Kier alpha value is -2.38. The number of nitrogens with zero attached hydrogens (tertiary/aromatic N) is 1. The highest BCUT2D eigenvalue weighted by Gasteiger charge is 2.36. The van der Waals surface area contributed by atoms with Crippen LogP contribution in [0.2, 0.25) is 0 Å². The Balaban J connectivity index is 1.73. The second-order valence-corrected chi connectivity index (χ2v) is 9.55. The molecule has 0 unspecified atom stereocenters. The Morgan fingerprint density at radius 3 is 2.39 bits per heavy atom. The van der Waals surface area contributed by atoms with Crippen LogP contribution >= 0.6 is 11.3 Å². The maximum Gasteiger partial charge on any atom is 0.511 e. The van der Waals surface area contributed by atoms with Gasteiger partial charge in [-0.3, -0.25) is 9.69 Å². The first-order valence-corrected chi connectivity index (χ1v) is 11.9. The lowest BCUT2D eigenvalue weighted by atomic mass is 9.82. The number of thiophene rings is 1. The number of amides is 1. The minimum atomic E-state index is -1.37. The highest BCUT2D eigenvalue weighted by molar-refractivity contribution is 7.20. The van der Waals surface area contributed by atoms with Crippen molar-refractivity contribution < 1.29 is 24.2 Å². The Morgan fingerprint density at radius 2 is 1.74 bits per heavy atom. The van der Waals surface area contributed by atoms with Gasteiger partial charge in [-0.2, -0.15) is 0 Å². The zero-order valence-corrected chi connectivity index (χ0v) is 18.6. The third-order valence-electron chi connectivity index (χ3n) is 6.31. The van der Waals surface area contributed by atoms with Crippen LogP contribution in [-0.2, 0) is 9.53 Å². The van der Waals surface area contributed by atoms with E-state index in [1.54, 1.807) is 6.07 Å². The average molecular weight is 444 g/mol. The topological polar surface area (TPSA) is 76.1 Å². The average Bonchev–Trinajstić information content (AvgIpc) is 3.18. The number of anilines is 1. The van der Waals surface area contributed by atoms with Crippen molar-refractivity contribution in [3.63, 3.8) is 0 Å². The number of hydrogen-bond acceptors (Lipinski definition) is 5. The largest absolute Gasteiger partial charge is 0.511 e. The maximum absolute atomic E-state index is 13.8. The summed E-state index contributed by atoms with van der Waals surface area (Å²) in [5, 5.41) is 9.93. The Labute approximate surface area is 186 Å². The highest BCUT2D eigenvalue weighted by Crippen LogP contribution is 2.46. The summed E-state index contributed by atoms with van der Waals surface area (Å²) in [5.74, 6) is 0.952. The molecule has 1 aromatic heterocycles. The molecule has 166 valence electrons. The van der Waals surface area contributed by atoms with E-state index in [9.17, 15) is 14.7 Å². The first-order valence-electron chi connectivity index (χ1n) is 11.0. The SMILES string of the molecule is C[C@H]1CC[C@H](C(=O)N(c2sc(-c3ccccc3)cc2OC(=O)O)C2CCOCC2)CC1. The van der Waals surface area contributed by atoms with Crippen molar-refractivity contribution in [3.8, 4) is 16.2 Å². The first-order chi connectivity index (χ1) is 15.0. The number of carboxylic acid groups (broad SMARTS) is 1. The first kappa shape index (κ1) is 21.8. The van der Waals surface area contributed by atoms with E-state index in [4.69, 9.17) is 9.47 Å². The normalized spacial score (nSPS) is 22.1. The van der Waals surface area contributed by atoms with E-state index in [1.165, 1.54) is 11.3 Å². The summed E-state index contributed by atoms with van der Waals surface area (Å²) in [7, 11) is 0. The molecule has 1 aliphatic heterocycles. The van der Waals surface area contributed by atoms with Gasteiger partial charge in [0.15, 0.2) is 5.75 Å². The summed E-state index contributed by atoms with van der Waals surface area (Å²) in [4.78, 5) is 27.9. The van der Waals surface area contributed by atoms with Crippen LogP contribution in [0.25, 0.3) is 10.4 Å². The van der Waals surface area contributed by atoms with Gasteiger partial charge in [0, 0.05) is 36.1 Å². The molecule has 6 nitrogen and oxygen atoms in total. The molecule has 1 aromatic carbocycles. The molecule has 4 rings (SSSR count). The van der Waals surface area contributed by atoms with E-state index in [0.29, 0.717) is 24.1 Å². The molecule has 2 heterocycles. The molecular formula is C24H29NO5S. The predicted molar refractivity (Wildman–Crippen MR) is 121 cm³/mol. The second-order valence-electron chi connectivity index (χ2n) is 8.52. The van der Waals surface area contributed by atoms with Gasteiger partial charge in [-0.05, 0) is 50.0 Å². The molecule has 1 aliphatic carbocycles. The van der Waals surface area contributed by atoms with Crippen molar-refractivity contribution in [2.24, 2.45) is 11.8 Å². The third-order valence-corrected chi connectivity index (χ3v) is 7.48. The quantitative estimate of drug-likeness (QED) is 0.590. The fraction of sp³-hybridized carbons (Fsp3) is 0.500. The van der Waals surface area contributed by atoms with E-state index < -0.39 is 6.16 Å². The van der Waals surface area contributed by atoms with Crippen molar-refractivity contribution >= 4 is 28.4 Å². The fourth-order valence-corrected chi connectivity index (χ4v) is 5.70. The van der Waals surface area contributed by atoms with Gasteiger partial charge in [-0.15, -0.1) is 11.3 Å². The lowest BCUT2D eigenvalue weighted by Crippen LogP contribution is -2.46. The molecule has 0 bridgehead atoms. The number of carbonyl (C=O) groups excluding carboxylic acids is 1. The molecule has 2 aliphatic rings. The summed E-state index contributed by atoms with van der Waals surface area (Å²) in [6, 6.07) is 11.5. The lowest BCUT2D eigenvalue weighted by Gasteiger charge is -2.37. The summed E-state index contributed by atoms with van der Waals surface area (Å²) in [5.41, 5.74) is 0.972. The molecule has 1 saturated heterocycles. The van der Waals surface area contributed by atoms with Crippen molar-refractivity contribution in [3.05, 3.63) is 36.4 Å². The van der Waals surface area contributed by atoms with Crippen molar-refractivity contribution in [1.29, 1.82) is 0 Å². The van der Waals surface area contributed by atoms with E-state index >= 15 is 0 Å². The Bertz CT molecular complexity index is 898. The van der Waals surface area contributed by atoms with Crippen LogP contribution in [0.4, 0.5) is 9.80 Å². The molecule has 0 spiro atoms. The van der Waals surface area contributed by atoms with Gasteiger partial charge < -0.3 is 14.6 Å². The van der Waals surface area contributed by atoms with Crippen LogP contribution in [0.1, 0.15) is 45.4 Å². The molecule has 7 heteroatoms. The van der Waals surface area contributed by atoms with Crippen LogP contribution in [0.15, 0.2) is 36.4 Å². The van der Waals surface area contributed by atoms with Crippen LogP contribution in [0.3, 0.4) is 0 Å². The monoisotopic (exact) mass is 443 g/mol. The Morgan fingerprint density at radius 1 is 1.06 bits per heavy atom. The van der Waals surface area contributed by atoms with Crippen LogP contribution in [0.5, 0.6) is 5.75 Å². The van der Waals surface area contributed by atoms with Crippen molar-refractivity contribution in [2.75, 3.05) is 18.1 Å². The van der Waals surface area contributed by atoms with Crippen LogP contribution in [-0.4, -0.2) is 36.4 Å².